The molecule has 22 heavy (non-hydrogen) atoms. The first kappa shape index (κ1) is 16.2. The molecule has 0 heterocycles. The van der Waals surface area contributed by atoms with Gasteiger partial charge in [-0.05, 0) is 43.2 Å². The molecule has 2 rings (SSSR count). The largest absolute Gasteiger partial charge is 0.465 e. The molecule has 0 radical (unpaired) electrons. The maximum Gasteiger partial charge on any atom is 0.317 e. The Morgan fingerprint density at radius 1 is 1.05 bits per heavy atom. The molecule has 0 aromatic heterocycles. The normalized spacial score (nSPS) is 11.7. The number of hydrogen-bond acceptors (Lipinski definition) is 3. The molecule has 1 atom stereocenters. The van der Waals surface area contributed by atoms with E-state index in [-0.39, 0.29) is 12.4 Å². The third-order valence-corrected chi connectivity index (χ3v) is 3.55. The third kappa shape index (κ3) is 4.18. The molecular weight excluding hydrogens is 300 g/mol. The monoisotopic (exact) mass is 316 g/mol. The first-order valence-corrected chi connectivity index (χ1v) is 7.50. The van der Waals surface area contributed by atoms with Gasteiger partial charge in [-0.25, -0.2) is 0 Å². The zero-order valence-corrected chi connectivity index (χ0v) is 13.0. The van der Waals surface area contributed by atoms with Gasteiger partial charge >= 0.3 is 5.97 Å². The number of benzene rings is 2. The highest BCUT2D eigenvalue weighted by Crippen LogP contribution is 2.18. The van der Waals surface area contributed by atoms with Gasteiger partial charge in [0.2, 0.25) is 0 Å². The molecule has 114 valence electrons. The van der Waals surface area contributed by atoms with Crippen LogP contribution in [-0.4, -0.2) is 18.4 Å². The fourth-order valence-electron chi connectivity index (χ4n) is 2.19. The maximum absolute atomic E-state index is 12.6. The van der Waals surface area contributed by atoms with Gasteiger partial charge in [-0.2, -0.15) is 0 Å². The van der Waals surface area contributed by atoms with Crippen LogP contribution in [0.25, 0.3) is 0 Å². The van der Waals surface area contributed by atoms with E-state index in [9.17, 15) is 9.59 Å². The predicted octanol–water partition coefficient (Wildman–Crippen LogP) is 3.94. The Hall–Kier alpha value is -2.13. The summed E-state index contributed by atoms with van der Waals surface area (Å²) in [5.41, 5.74) is 1.38. The molecule has 2 aromatic rings. The Labute approximate surface area is 134 Å². The Kier molecular flexibility index (Phi) is 5.73. The molecule has 2 aromatic carbocycles. The maximum atomic E-state index is 12.6. The van der Waals surface area contributed by atoms with Crippen molar-refractivity contribution in [3.05, 3.63) is 70.7 Å². The number of hydrogen-bond donors (Lipinski definition) is 0. The van der Waals surface area contributed by atoms with Crippen molar-refractivity contribution in [1.29, 1.82) is 0 Å². The summed E-state index contributed by atoms with van der Waals surface area (Å²) in [5.74, 6) is -1.59. The second kappa shape index (κ2) is 7.76. The van der Waals surface area contributed by atoms with Gasteiger partial charge in [-0.1, -0.05) is 41.9 Å². The molecule has 0 saturated heterocycles. The number of Topliss-reactive ketones (excluding diaryl/α,β-unsaturated/α-hetero) is 1. The summed E-state index contributed by atoms with van der Waals surface area (Å²) in [4.78, 5) is 24.8. The summed E-state index contributed by atoms with van der Waals surface area (Å²) in [6, 6.07) is 16.0. The van der Waals surface area contributed by atoms with Crippen molar-refractivity contribution in [3.63, 3.8) is 0 Å². The second-order valence-electron chi connectivity index (χ2n) is 4.87. The summed E-state index contributed by atoms with van der Waals surface area (Å²) >= 11 is 5.84. The van der Waals surface area contributed by atoms with Crippen molar-refractivity contribution in [3.8, 4) is 0 Å². The number of carbonyl (C=O) groups excluding carboxylic acids is 2. The number of ketones is 1. The first-order valence-electron chi connectivity index (χ1n) is 7.12. The van der Waals surface area contributed by atoms with Gasteiger partial charge in [0, 0.05) is 10.6 Å². The molecular formula is C18H17ClO3. The lowest BCUT2D eigenvalue weighted by Crippen LogP contribution is -2.28. The van der Waals surface area contributed by atoms with Crippen LogP contribution in [0.15, 0.2) is 54.6 Å². The van der Waals surface area contributed by atoms with Crippen molar-refractivity contribution in [2.24, 2.45) is 5.92 Å². The number of esters is 1. The average molecular weight is 317 g/mol. The quantitative estimate of drug-likeness (QED) is 0.460. The van der Waals surface area contributed by atoms with Crippen LogP contribution in [0.3, 0.4) is 0 Å². The zero-order valence-electron chi connectivity index (χ0n) is 12.3. The van der Waals surface area contributed by atoms with Gasteiger partial charge in [-0.15, -0.1) is 0 Å². The summed E-state index contributed by atoms with van der Waals surface area (Å²) in [6.45, 7) is 1.97. The Balaban J connectivity index is 2.25. The highest BCUT2D eigenvalue weighted by atomic mass is 35.5. The molecule has 0 amide bonds. The Morgan fingerprint density at radius 3 is 2.27 bits per heavy atom. The van der Waals surface area contributed by atoms with Crippen molar-refractivity contribution in [2.75, 3.05) is 6.61 Å². The fourth-order valence-corrected chi connectivity index (χ4v) is 2.32. The van der Waals surface area contributed by atoms with E-state index in [4.69, 9.17) is 16.3 Å². The Morgan fingerprint density at radius 2 is 1.68 bits per heavy atom. The van der Waals surface area contributed by atoms with Gasteiger partial charge in [0.1, 0.15) is 5.92 Å². The summed E-state index contributed by atoms with van der Waals surface area (Å²) in [5, 5.41) is 0.548. The average Bonchev–Trinajstić information content (AvgIpc) is 2.54. The fraction of sp³-hybridized carbons (Fsp3) is 0.222. The lowest BCUT2D eigenvalue weighted by Gasteiger charge is -2.15. The molecule has 0 fully saturated rings. The topological polar surface area (TPSA) is 43.4 Å². The van der Waals surface area contributed by atoms with Crippen LogP contribution in [0.5, 0.6) is 0 Å². The van der Waals surface area contributed by atoms with Crippen molar-refractivity contribution in [2.45, 2.75) is 13.3 Å². The van der Waals surface area contributed by atoms with Gasteiger partial charge in [0.05, 0.1) is 6.61 Å². The van der Waals surface area contributed by atoms with Crippen LogP contribution >= 0.6 is 11.6 Å². The standard InChI is InChI=1S/C18H17ClO3/c1-2-22-18(21)16(12-13-6-4-3-5-7-13)17(20)14-8-10-15(19)11-9-14/h3-11,16H,2,12H2,1H3. The van der Waals surface area contributed by atoms with Crippen LogP contribution in [0, 0.1) is 5.92 Å². The van der Waals surface area contributed by atoms with Gasteiger partial charge in [0.25, 0.3) is 0 Å². The van der Waals surface area contributed by atoms with E-state index in [0.29, 0.717) is 17.0 Å². The van der Waals surface area contributed by atoms with E-state index >= 15 is 0 Å². The number of halogens is 1. The molecule has 1 unspecified atom stereocenters. The van der Waals surface area contributed by atoms with Gasteiger partial charge < -0.3 is 4.74 Å². The molecule has 0 N–H and O–H groups in total. The molecule has 0 aliphatic heterocycles. The molecule has 0 spiro atoms. The van der Waals surface area contributed by atoms with E-state index < -0.39 is 11.9 Å². The van der Waals surface area contributed by atoms with Crippen molar-refractivity contribution in [1.82, 2.24) is 0 Å². The first-order chi connectivity index (χ1) is 10.6. The van der Waals surface area contributed by atoms with Crippen molar-refractivity contribution < 1.29 is 14.3 Å². The minimum absolute atomic E-state index is 0.248. The zero-order chi connectivity index (χ0) is 15.9. The third-order valence-electron chi connectivity index (χ3n) is 3.30. The summed E-state index contributed by atoms with van der Waals surface area (Å²) in [6.07, 6.45) is 0.321. The lowest BCUT2D eigenvalue weighted by atomic mass is 9.91. The van der Waals surface area contributed by atoms with E-state index in [1.807, 2.05) is 30.3 Å². The molecule has 3 nitrogen and oxygen atoms in total. The smallest absolute Gasteiger partial charge is 0.317 e. The van der Waals surface area contributed by atoms with Gasteiger partial charge in [-0.3, -0.25) is 9.59 Å². The number of carbonyl (C=O) groups is 2. The predicted molar refractivity (Wildman–Crippen MR) is 86.1 cm³/mol. The van der Waals surface area contributed by atoms with E-state index in [2.05, 4.69) is 0 Å². The van der Waals surface area contributed by atoms with E-state index in [1.165, 1.54) is 0 Å². The second-order valence-corrected chi connectivity index (χ2v) is 5.30. The molecule has 0 aliphatic carbocycles. The minimum atomic E-state index is -0.844. The highest BCUT2D eigenvalue weighted by Gasteiger charge is 2.29. The van der Waals surface area contributed by atoms with E-state index in [0.717, 1.165) is 5.56 Å². The van der Waals surface area contributed by atoms with Crippen LogP contribution < -0.4 is 0 Å². The van der Waals surface area contributed by atoms with Gasteiger partial charge in [0.15, 0.2) is 5.78 Å². The van der Waals surface area contributed by atoms with Crippen LogP contribution in [-0.2, 0) is 16.0 Å². The summed E-state index contributed by atoms with van der Waals surface area (Å²) in [7, 11) is 0. The number of rotatable bonds is 6. The lowest BCUT2D eigenvalue weighted by molar-refractivity contribution is -0.146. The summed E-state index contributed by atoms with van der Waals surface area (Å²) < 4.78 is 5.06. The Bertz CT molecular complexity index is 635. The van der Waals surface area contributed by atoms with Crippen LogP contribution in [0.4, 0.5) is 0 Å². The minimum Gasteiger partial charge on any atom is -0.465 e. The molecule has 0 bridgehead atoms. The van der Waals surface area contributed by atoms with Crippen molar-refractivity contribution >= 4 is 23.4 Å². The molecule has 0 saturated carbocycles. The van der Waals surface area contributed by atoms with Crippen LogP contribution in [0.1, 0.15) is 22.8 Å². The molecule has 0 aliphatic rings. The van der Waals surface area contributed by atoms with Crippen LogP contribution in [0.2, 0.25) is 5.02 Å². The highest BCUT2D eigenvalue weighted by molar-refractivity contribution is 6.30. The van der Waals surface area contributed by atoms with E-state index in [1.54, 1.807) is 31.2 Å². The molecule has 4 heteroatoms. The SMILES string of the molecule is CCOC(=O)C(Cc1ccccc1)C(=O)c1ccc(Cl)cc1. The number of ether oxygens (including phenoxy) is 1.